The summed E-state index contributed by atoms with van der Waals surface area (Å²) < 4.78 is 34.0. The van der Waals surface area contributed by atoms with Gasteiger partial charge in [-0.25, -0.2) is 18.6 Å². The van der Waals surface area contributed by atoms with Crippen molar-refractivity contribution in [2.45, 2.75) is 64.1 Å². The number of likely N-dealkylation sites (tertiary alicyclic amines) is 1. The SMILES string of the molecule is COc1cc(C)c2[nH]ccc2c1CN1CCC2(C[C@@H]1c1ccc(C(=O)O)nc1N[C@@H](C)C(N)=O)CC(F)(F)C2. The topological polar surface area (TPSA) is 134 Å². The van der Waals surface area contributed by atoms with E-state index < -0.39 is 29.3 Å². The number of rotatable bonds is 8. The number of nitrogens with zero attached hydrogens (tertiary/aromatic N) is 2. The molecule has 39 heavy (non-hydrogen) atoms. The van der Waals surface area contributed by atoms with Crippen molar-refractivity contribution in [1.82, 2.24) is 14.9 Å². The van der Waals surface area contributed by atoms with Crippen molar-refractivity contribution in [3.05, 3.63) is 52.8 Å². The van der Waals surface area contributed by atoms with Gasteiger partial charge in [-0.3, -0.25) is 9.69 Å². The van der Waals surface area contributed by atoms with E-state index in [2.05, 4.69) is 20.2 Å². The molecule has 1 saturated carbocycles. The predicted octanol–water partition coefficient (Wildman–Crippen LogP) is 4.62. The van der Waals surface area contributed by atoms with Crippen LogP contribution >= 0.6 is 0 Å². The molecular weight excluding hydrogens is 508 g/mol. The van der Waals surface area contributed by atoms with Crippen molar-refractivity contribution in [2.24, 2.45) is 11.1 Å². The number of pyridine rings is 1. The van der Waals surface area contributed by atoms with E-state index in [9.17, 15) is 23.5 Å². The van der Waals surface area contributed by atoms with Gasteiger partial charge in [0, 0.05) is 53.7 Å². The summed E-state index contributed by atoms with van der Waals surface area (Å²) in [5.41, 5.74) is 8.40. The Morgan fingerprint density at radius 2 is 2.08 bits per heavy atom. The lowest BCUT2D eigenvalue weighted by Crippen LogP contribution is -2.53. The number of halogens is 2. The number of amides is 1. The molecule has 1 amide bonds. The molecule has 0 unspecified atom stereocenters. The Kier molecular flexibility index (Phi) is 6.74. The number of hydrogen-bond donors (Lipinski definition) is 4. The minimum Gasteiger partial charge on any atom is -0.496 e. The number of carboxylic acids is 1. The number of H-pyrrole nitrogens is 1. The van der Waals surface area contributed by atoms with Crippen LogP contribution in [0, 0.1) is 12.3 Å². The van der Waals surface area contributed by atoms with Crippen molar-refractivity contribution in [3.8, 4) is 5.75 Å². The van der Waals surface area contributed by atoms with Gasteiger partial charge < -0.3 is 25.9 Å². The zero-order chi connectivity index (χ0) is 28.1. The standard InChI is InChI=1S/C28H33F2N5O4/c1-15-10-22(39-3)19(17-6-8-32-23(15)17)12-35-9-7-27(13-28(29,30)14-27)11-21(35)18-4-5-20(26(37)38)34-25(18)33-16(2)24(31)36/h4-6,8,10,16,21,32H,7,9,11-14H2,1-3H3,(H2,31,36)(H,33,34)(H,37,38)/t16-,21+/m0/s1. The molecule has 1 saturated heterocycles. The summed E-state index contributed by atoms with van der Waals surface area (Å²) in [5.74, 6) is -3.59. The van der Waals surface area contributed by atoms with E-state index in [1.54, 1.807) is 20.1 Å². The summed E-state index contributed by atoms with van der Waals surface area (Å²) in [4.78, 5) is 33.3. The molecule has 1 aliphatic heterocycles. The molecule has 3 heterocycles. The second kappa shape index (κ2) is 9.78. The summed E-state index contributed by atoms with van der Waals surface area (Å²) in [7, 11) is 1.62. The highest BCUT2D eigenvalue weighted by molar-refractivity contribution is 5.88. The smallest absolute Gasteiger partial charge is 0.354 e. The molecule has 2 aliphatic rings. The number of carboxylic acid groups (broad SMARTS) is 1. The number of aromatic carboxylic acids is 1. The monoisotopic (exact) mass is 541 g/mol. The van der Waals surface area contributed by atoms with E-state index in [1.807, 2.05) is 25.3 Å². The van der Waals surface area contributed by atoms with Gasteiger partial charge in [-0.15, -0.1) is 0 Å². The summed E-state index contributed by atoms with van der Waals surface area (Å²) in [6.45, 7) is 4.59. The number of carbonyl (C=O) groups excluding carboxylic acids is 1. The first kappa shape index (κ1) is 26.9. The first-order chi connectivity index (χ1) is 18.4. The minimum atomic E-state index is -2.68. The van der Waals surface area contributed by atoms with E-state index in [1.165, 1.54) is 6.07 Å². The van der Waals surface area contributed by atoms with Gasteiger partial charge in [0.15, 0.2) is 5.69 Å². The molecule has 2 atom stereocenters. The average molecular weight is 542 g/mol. The molecule has 2 aromatic heterocycles. The Morgan fingerprint density at radius 1 is 1.33 bits per heavy atom. The quantitative estimate of drug-likeness (QED) is 0.327. The van der Waals surface area contributed by atoms with Crippen molar-refractivity contribution >= 4 is 28.6 Å². The zero-order valence-corrected chi connectivity index (χ0v) is 22.2. The number of ether oxygens (including phenoxy) is 1. The minimum absolute atomic E-state index is 0.179. The molecule has 1 spiro atoms. The number of primary amides is 1. The lowest BCUT2D eigenvalue weighted by molar-refractivity contribution is -0.186. The third-order valence-electron chi connectivity index (χ3n) is 8.24. The highest BCUT2D eigenvalue weighted by Gasteiger charge is 2.58. The number of nitrogens with one attached hydrogen (secondary N) is 2. The molecule has 1 aromatic carbocycles. The molecule has 11 heteroatoms. The molecule has 0 bridgehead atoms. The van der Waals surface area contributed by atoms with Gasteiger partial charge in [-0.2, -0.15) is 0 Å². The van der Waals surface area contributed by atoms with Crippen LogP contribution in [0.3, 0.4) is 0 Å². The van der Waals surface area contributed by atoms with E-state index in [4.69, 9.17) is 10.5 Å². The highest BCUT2D eigenvalue weighted by Crippen LogP contribution is 2.61. The number of anilines is 1. The third kappa shape index (κ3) is 5.03. The van der Waals surface area contributed by atoms with Crippen LogP contribution in [0.4, 0.5) is 14.6 Å². The molecule has 208 valence electrons. The maximum atomic E-state index is 14.1. The maximum absolute atomic E-state index is 14.1. The van der Waals surface area contributed by atoms with E-state index >= 15 is 0 Å². The van der Waals surface area contributed by atoms with Gasteiger partial charge in [0.2, 0.25) is 11.8 Å². The Balaban J connectivity index is 1.58. The Morgan fingerprint density at radius 3 is 2.72 bits per heavy atom. The maximum Gasteiger partial charge on any atom is 0.354 e. The van der Waals surface area contributed by atoms with Crippen LogP contribution in [0.2, 0.25) is 0 Å². The number of aromatic nitrogens is 2. The van der Waals surface area contributed by atoms with Gasteiger partial charge in [-0.1, -0.05) is 6.07 Å². The summed E-state index contributed by atoms with van der Waals surface area (Å²) in [6.07, 6.45) is 2.58. The number of aryl methyl sites for hydroxylation is 1. The van der Waals surface area contributed by atoms with E-state index in [-0.39, 0.29) is 30.4 Å². The second-order valence-corrected chi connectivity index (χ2v) is 11.0. The second-order valence-electron chi connectivity index (χ2n) is 11.0. The summed E-state index contributed by atoms with van der Waals surface area (Å²) in [6, 6.07) is 5.86. The Bertz CT molecular complexity index is 1430. The van der Waals surface area contributed by atoms with Gasteiger partial charge >= 0.3 is 5.97 Å². The highest BCUT2D eigenvalue weighted by atomic mass is 19.3. The van der Waals surface area contributed by atoms with Crippen LogP contribution in [-0.4, -0.2) is 57.5 Å². The number of hydrogen-bond acceptors (Lipinski definition) is 6. The fourth-order valence-corrected chi connectivity index (χ4v) is 6.27. The first-order valence-corrected chi connectivity index (χ1v) is 13.0. The van der Waals surface area contributed by atoms with Gasteiger partial charge in [-0.05, 0) is 62.4 Å². The molecule has 9 nitrogen and oxygen atoms in total. The number of benzene rings is 1. The van der Waals surface area contributed by atoms with E-state index in [0.717, 1.165) is 27.8 Å². The van der Waals surface area contributed by atoms with E-state index in [0.29, 0.717) is 31.5 Å². The van der Waals surface area contributed by atoms with Gasteiger partial charge in [0.05, 0.1) is 7.11 Å². The fraction of sp³-hybridized carbons (Fsp3) is 0.464. The zero-order valence-electron chi connectivity index (χ0n) is 22.2. The number of piperidine rings is 1. The Labute approximate surface area is 224 Å². The Hall–Kier alpha value is -3.73. The number of carbonyl (C=O) groups is 2. The lowest BCUT2D eigenvalue weighted by atomic mass is 9.59. The molecule has 5 rings (SSSR count). The normalized spacial score (nSPS) is 20.9. The number of aromatic amines is 1. The van der Waals surface area contributed by atoms with Crippen LogP contribution in [0.1, 0.15) is 65.8 Å². The lowest BCUT2D eigenvalue weighted by Gasteiger charge is -2.54. The largest absolute Gasteiger partial charge is 0.496 e. The molecule has 0 radical (unpaired) electrons. The number of fused-ring (bicyclic) bond motifs is 1. The van der Waals surface area contributed by atoms with Crippen molar-refractivity contribution in [2.75, 3.05) is 19.0 Å². The van der Waals surface area contributed by atoms with Crippen molar-refractivity contribution in [1.29, 1.82) is 0 Å². The molecule has 3 aromatic rings. The number of alkyl halides is 2. The van der Waals surface area contributed by atoms with Crippen LogP contribution in [0.5, 0.6) is 5.75 Å². The summed E-state index contributed by atoms with van der Waals surface area (Å²) >= 11 is 0. The molecule has 1 aliphatic carbocycles. The molecule has 5 N–H and O–H groups in total. The van der Waals surface area contributed by atoms with Crippen molar-refractivity contribution < 1.29 is 28.2 Å². The van der Waals surface area contributed by atoms with Gasteiger partial charge in [0.1, 0.15) is 17.6 Å². The first-order valence-electron chi connectivity index (χ1n) is 13.0. The van der Waals surface area contributed by atoms with Gasteiger partial charge in [0.25, 0.3) is 0 Å². The predicted molar refractivity (Wildman–Crippen MR) is 142 cm³/mol. The average Bonchev–Trinajstić information content (AvgIpc) is 3.36. The van der Waals surface area contributed by atoms with Crippen LogP contribution in [-0.2, 0) is 11.3 Å². The van der Waals surface area contributed by atoms with Crippen LogP contribution in [0.15, 0.2) is 30.5 Å². The third-order valence-corrected chi connectivity index (χ3v) is 8.24. The molecule has 2 fully saturated rings. The van der Waals surface area contributed by atoms with Crippen molar-refractivity contribution in [3.63, 3.8) is 0 Å². The number of methoxy groups -OCH3 is 1. The fourth-order valence-electron chi connectivity index (χ4n) is 6.27. The number of nitrogens with two attached hydrogens (primary N) is 1. The molecular formula is C28H33F2N5O4. The van der Waals surface area contributed by atoms with Crippen LogP contribution < -0.4 is 15.8 Å². The summed E-state index contributed by atoms with van der Waals surface area (Å²) in [5, 5.41) is 13.5. The van der Waals surface area contributed by atoms with Crippen LogP contribution in [0.25, 0.3) is 10.9 Å².